The largest absolute Gasteiger partial charge is 0.507 e. The number of aromatic nitrogens is 2. The van der Waals surface area contributed by atoms with Gasteiger partial charge in [-0.2, -0.15) is 0 Å². The highest BCUT2D eigenvalue weighted by molar-refractivity contribution is 5.61. The molecule has 21 heavy (non-hydrogen) atoms. The molecular weight excluding hydrogens is 268 g/mol. The van der Waals surface area contributed by atoms with Crippen LogP contribution < -0.4 is 21.8 Å². The highest BCUT2D eigenvalue weighted by atomic mass is 16.3. The van der Waals surface area contributed by atoms with E-state index in [1.807, 2.05) is 30.3 Å². The zero-order chi connectivity index (χ0) is 15.6. The average molecular weight is 284 g/mol. The van der Waals surface area contributed by atoms with Crippen molar-refractivity contribution in [3.05, 3.63) is 73.4 Å². The number of nitrogens with zero attached hydrogens (tertiary/aromatic N) is 2. The molecule has 0 fully saturated rings. The van der Waals surface area contributed by atoms with Crippen LogP contribution in [0.15, 0.2) is 46.0 Å². The molecule has 0 unspecified atom stereocenters. The third-order valence-electron chi connectivity index (χ3n) is 3.30. The molecular formula is C16H16N2O3. The molecule has 0 aliphatic heterocycles. The first-order valence-electron chi connectivity index (χ1n) is 6.35. The Morgan fingerprint density at radius 2 is 1.62 bits per heavy atom. The molecule has 0 radical (unpaired) electrons. The highest BCUT2D eigenvalue weighted by Crippen LogP contribution is 2.02. The number of aliphatic hydroxyl groups is 1. The summed E-state index contributed by atoms with van der Waals surface area (Å²) in [6, 6.07) is 9.27. The fourth-order valence-electron chi connectivity index (χ4n) is 1.93. The van der Waals surface area contributed by atoms with Crippen molar-refractivity contribution >= 4 is 18.4 Å². The Morgan fingerprint density at radius 1 is 1.10 bits per heavy atom. The van der Waals surface area contributed by atoms with Crippen molar-refractivity contribution in [3.8, 4) is 0 Å². The zero-order valence-corrected chi connectivity index (χ0v) is 11.9. The smallest absolute Gasteiger partial charge is 0.268 e. The van der Waals surface area contributed by atoms with Gasteiger partial charge in [0.2, 0.25) is 0 Å². The number of benzene rings is 1. The lowest BCUT2D eigenvalue weighted by Crippen LogP contribution is -2.57. The molecule has 1 N–H and O–H groups in total. The molecule has 0 spiro atoms. The average Bonchev–Trinajstić information content (AvgIpc) is 2.50. The van der Waals surface area contributed by atoms with Crippen LogP contribution in [0.3, 0.4) is 0 Å². The Kier molecular flexibility index (Phi) is 3.93. The molecule has 0 aliphatic carbocycles. The zero-order valence-electron chi connectivity index (χ0n) is 11.9. The van der Waals surface area contributed by atoms with E-state index >= 15 is 0 Å². The summed E-state index contributed by atoms with van der Waals surface area (Å²) < 4.78 is 2.45. The van der Waals surface area contributed by atoms with Gasteiger partial charge in [0.25, 0.3) is 11.1 Å². The van der Waals surface area contributed by atoms with Crippen molar-refractivity contribution in [3.63, 3.8) is 0 Å². The van der Waals surface area contributed by atoms with Crippen LogP contribution in [0, 0.1) is 0 Å². The van der Waals surface area contributed by atoms with Gasteiger partial charge in [-0.25, -0.2) is 0 Å². The number of aliphatic hydroxyl groups excluding tert-OH is 1. The molecule has 0 bridgehead atoms. The van der Waals surface area contributed by atoms with Gasteiger partial charge in [-0.05, 0) is 11.6 Å². The predicted octanol–water partition coefficient (Wildman–Crippen LogP) is -0.126. The maximum atomic E-state index is 12.1. The molecule has 5 heteroatoms. The lowest BCUT2D eigenvalue weighted by Gasteiger charge is -2.04. The number of hydrogen-bond acceptors (Lipinski definition) is 3. The first-order chi connectivity index (χ1) is 9.93. The maximum Gasteiger partial charge on any atom is 0.268 e. The minimum atomic E-state index is -0.571. The van der Waals surface area contributed by atoms with Crippen molar-refractivity contribution in [1.29, 1.82) is 0 Å². The highest BCUT2D eigenvalue weighted by Gasteiger charge is 2.07. The van der Waals surface area contributed by atoms with Crippen LogP contribution in [-0.2, 0) is 14.1 Å². The molecule has 0 atom stereocenters. The standard InChI is InChI=1S/C16H16N2O3/c1-11-17(2)15(20)14(16(21)18(11)3)13(19)10-9-12-7-5-4-6-8-12/h4-10,19H,1H2,2-3H3/b10-9+. The summed E-state index contributed by atoms with van der Waals surface area (Å²) in [4.78, 5) is 24.2. The van der Waals surface area contributed by atoms with Gasteiger partial charge in [0.05, 0.1) is 0 Å². The van der Waals surface area contributed by atoms with Gasteiger partial charge in [0, 0.05) is 14.1 Å². The third kappa shape index (κ3) is 2.72. The predicted molar refractivity (Wildman–Crippen MR) is 83.2 cm³/mol. The van der Waals surface area contributed by atoms with Crippen molar-refractivity contribution < 1.29 is 5.11 Å². The summed E-state index contributed by atoms with van der Waals surface area (Å²) in [5.41, 5.74) is -0.0170. The lowest BCUT2D eigenvalue weighted by molar-refractivity contribution is 0.507. The molecule has 108 valence electrons. The van der Waals surface area contributed by atoms with Crippen LogP contribution in [0.1, 0.15) is 5.56 Å². The molecule has 0 amide bonds. The molecule has 1 aromatic heterocycles. The van der Waals surface area contributed by atoms with Crippen LogP contribution in [-0.4, -0.2) is 14.2 Å². The Bertz CT molecular complexity index is 876. The van der Waals surface area contributed by atoms with E-state index in [9.17, 15) is 14.7 Å². The SMILES string of the molecule is C=c1n(C)c(=O)c(=C(O)/C=C/c2ccccc2)c(=O)n1C. The van der Waals surface area contributed by atoms with E-state index in [2.05, 4.69) is 6.58 Å². The number of rotatable bonds is 2. The van der Waals surface area contributed by atoms with Crippen LogP contribution in [0.4, 0.5) is 0 Å². The lowest BCUT2D eigenvalue weighted by atomic mass is 10.2. The summed E-state index contributed by atoms with van der Waals surface area (Å²) in [5, 5.41) is 9.80. The quantitative estimate of drug-likeness (QED) is 0.836. The van der Waals surface area contributed by atoms with E-state index in [1.54, 1.807) is 6.08 Å². The fraction of sp³-hybridized carbons (Fsp3) is 0.125. The van der Waals surface area contributed by atoms with Crippen LogP contribution >= 0.6 is 0 Å². The van der Waals surface area contributed by atoms with Crippen molar-refractivity contribution in [2.24, 2.45) is 14.1 Å². The number of hydrogen-bond donors (Lipinski definition) is 1. The van der Waals surface area contributed by atoms with Crippen molar-refractivity contribution in [2.75, 3.05) is 0 Å². The molecule has 0 saturated carbocycles. The van der Waals surface area contributed by atoms with Gasteiger partial charge in [0.1, 0.15) is 16.5 Å². The molecule has 2 aromatic rings. The minimum Gasteiger partial charge on any atom is -0.507 e. The second-order valence-corrected chi connectivity index (χ2v) is 4.65. The van der Waals surface area contributed by atoms with E-state index in [0.29, 0.717) is 0 Å². The fourth-order valence-corrected chi connectivity index (χ4v) is 1.93. The first-order valence-corrected chi connectivity index (χ1v) is 6.35. The second-order valence-electron chi connectivity index (χ2n) is 4.65. The van der Waals surface area contributed by atoms with Gasteiger partial charge in [-0.3, -0.25) is 18.7 Å². The molecule has 2 rings (SSSR count). The Balaban J connectivity index is 2.71. The molecule has 0 saturated heterocycles. The molecule has 0 aliphatic rings. The Hall–Kier alpha value is -2.82. The summed E-state index contributed by atoms with van der Waals surface area (Å²) in [5.74, 6) is -0.361. The van der Waals surface area contributed by atoms with Gasteiger partial charge in [0.15, 0.2) is 0 Å². The van der Waals surface area contributed by atoms with Crippen LogP contribution in [0.25, 0.3) is 18.4 Å². The minimum absolute atomic E-state index is 0.264. The van der Waals surface area contributed by atoms with E-state index in [4.69, 9.17) is 0 Å². The van der Waals surface area contributed by atoms with Gasteiger partial charge in [-0.15, -0.1) is 0 Å². The van der Waals surface area contributed by atoms with Gasteiger partial charge >= 0.3 is 0 Å². The van der Waals surface area contributed by atoms with E-state index < -0.39 is 11.1 Å². The molecule has 1 heterocycles. The second kappa shape index (κ2) is 5.66. The summed E-state index contributed by atoms with van der Waals surface area (Å²) in [6.45, 7) is 3.65. The van der Waals surface area contributed by atoms with Gasteiger partial charge < -0.3 is 5.11 Å². The van der Waals surface area contributed by atoms with E-state index in [-0.39, 0.29) is 16.5 Å². The molecule has 1 aromatic carbocycles. The third-order valence-corrected chi connectivity index (χ3v) is 3.30. The monoisotopic (exact) mass is 284 g/mol. The Labute approximate surface area is 121 Å². The van der Waals surface area contributed by atoms with Crippen molar-refractivity contribution in [2.45, 2.75) is 0 Å². The maximum absolute atomic E-state index is 12.1. The van der Waals surface area contributed by atoms with Gasteiger partial charge in [-0.1, -0.05) is 43.0 Å². The van der Waals surface area contributed by atoms with Crippen LogP contribution in [0.2, 0.25) is 0 Å². The van der Waals surface area contributed by atoms with E-state index in [1.165, 1.54) is 29.3 Å². The van der Waals surface area contributed by atoms with E-state index in [0.717, 1.165) is 5.56 Å². The normalized spacial score (nSPS) is 11.0. The summed E-state index contributed by atoms with van der Waals surface area (Å²) in [6.07, 6.45) is 2.97. The topological polar surface area (TPSA) is 64.2 Å². The van der Waals surface area contributed by atoms with Crippen LogP contribution in [0.5, 0.6) is 0 Å². The summed E-state index contributed by atoms with van der Waals surface area (Å²) >= 11 is 0. The molecule has 5 nitrogen and oxygen atoms in total. The summed E-state index contributed by atoms with van der Waals surface area (Å²) in [7, 11) is 3.00. The Morgan fingerprint density at radius 3 is 2.14 bits per heavy atom. The van der Waals surface area contributed by atoms with Crippen molar-refractivity contribution in [1.82, 2.24) is 9.13 Å². The first kappa shape index (κ1) is 14.6.